The van der Waals surface area contributed by atoms with E-state index in [4.69, 9.17) is 9.31 Å². The molecule has 1 aliphatic rings. The molecule has 1 fully saturated rings. The molecule has 0 amide bonds. The molecule has 0 saturated carbocycles. The Balaban J connectivity index is 2.48. The molecule has 0 aromatic heterocycles. The molecule has 2 nitrogen and oxygen atoms in total. The smallest absolute Gasteiger partial charge is 0.403 e. The number of benzene rings is 1. The van der Waals surface area contributed by atoms with Gasteiger partial charge in [-0.05, 0) is 45.7 Å². The molecule has 1 heterocycles. The van der Waals surface area contributed by atoms with Crippen molar-refractivity contribution in [1.29, 1.82) is 0 Å². The molecule has 0 unspecified atom stereocenters. The van der Waals surface area contributed by atoms with E-state index < -0.39 is 38.9 Å². The first-order valence-electron chi connectivity index (χ1n) is 9.17. The van der Waals surface area contributed by atoms with Gasteiger partial charge in [-0.2, -0.15) is 13.2 Å². The van der Waals surface area contributed by atoms with Crippen molar-refractivity contribution in [1.82, 2.24) is 0 Å². The fourth-order valence-electron chi connectivity index (χ4n) is 3.29. The topological polar surface area (TPSA) is 18.5 Å². The summed E-state index contributed by atoms with van der Waals surface area (Å²) in [6.45, 7) is 14.1. The number of alkyl halides is 3. The van der Waals surface area contributed by atoms with E-state index in [2.05, 4.69) is 6.92 Å². The Labute approximate surface area is 157 Å². The van der Waals surface area contributed by atoms with Crippen LogP contribution in [0.5, 0.6) is 0 Å². The van der Waals surface area contributed by atoms with Crippen LogP contribution >= 0.6 is 0 Å². The van der Waals surface area contributed by atoms with Gasteiger partial charge in [0.15, 0.2) is 0 Å². The van der Waals surface area contributed by atoms with Crippen molar-refractivity contribution in [2.24, 2.45) is 0 Å². The quantitative estimate of drug-likeness (QED) is 0.650. The highest BCUT2D eigenvalue weighted by molar-refractivity contribution is 6.71. The third-order valence-corrected chi connectivity index (χ3v) is 7.03. The van der Waals surface area contributed by atoms with Gasteiger partial charge in [0, 0.05) is 5.82 Å². The van der Waals surface area contributed by atoms with Crippen molar-refractivity contribution in [2.45, 2.75) is 83.8 Å². The van der Waals surface area contributed by atoms with Crippen molar-refractivity contribution in [3.63, 3.8) is 0 Å². The van der Waals surface area contributed by atoms with Crippen LogP contribution in [0.25, 0.3) is 0 Å². The third kappa shape index (κ3) is 4.20. The van der Waals surface area contributed by atoms with Crippen LogP contribution < -0.4 is 5.19 Å². The van der Waals surface area contributed by atoms with Crippen LogP contribution in [0.4, 0.5) is 13.2 Å². The molecule has 145 valence electrons. The monoisotopic (exact) mass is 385 g/mol. The van der Waals surface area contributed by atoms with E-state index in [1.54, 1.807) is 6.07 Å². The highest BCUT2D eigenvalue weighted by Crippen LogP contribution is 2.42. The largest absolute Gasteiger partial charge is 0.465 e. The highest BCUT2D eigenvalue weighted by Gasteiger charge is 2.54. The molecule has 7 heteroatoms. The maximum Gasteiger partial charge on any atom is 0.465 e. The van der Waals surface area contributed by atoms with Crippen LogP contribution in [0.2, 0.25) is 13.1 Å². The predicted octanol–water partition coefficient (Wildman–Crippen LogP) is 5.18. The fraction of sp³-hybridized carbons (Fsp3) is 0.684. The van der Waals surface area contributed by atoms with Crippen LogP contribution in [0.1, 0.15) is 64.4 Å². The summed E-state index contributed by atoms with van der Waals surface area (Å²) in [5, 5.41) is 0.818. The van der Waals surface area contributed by atoms with Gasteiger partial charge in [0.05, 0.1) is 25.6 Å². The first-order chi connectivity index (χ1) is 11.8. The minimum Gasteiger partial charge on any atom is -0.403 e. The highest BCUT2D eigenvalue weighted by atomic mass is 28.3. The van der Waals surface area contributed by atoms with Crippen molar-refractivity contribution in [3.8, 4) is 0 Å². The lowest BCUT2D eigenvalue weighted by molar-refractivity contribution is -0.137. The maximum atomic E-state index is 13.2. The summed E-state index contributed by atoms with van der Waals surface area (Å²) >= 11 is 0. The van der Waals surface area contributed by atoms with Crippen molar-refractivity contribution in [3.05, 3.63) is 29.3 Å². The number of rotatable bonds is 5. The lowest BCUT2D eigenvalue weighted by atomic mass is 9.65. The molecule has 0 N–H and O–H groups in total. The molecule has 0 aliphatic carbocycles. The average molecular weight is 385 g/mol. The average Bonchev–Trinajstić information content (AvgIpc) is 2.71. The van der Waals surface area contributed by atoms with E-state index >= 15 is 0 Å². The van der Waals surface area contributed by atoms with Gasteiger partial charge < -0.3 is 9.31 Å². The van der Waals surface area contributed by atoms with Gasteiger partial charge in [-0.15, -0.1) is 0 Å². The Kier molecular flexibility index (Phi) is 6.06. The molecular formula is C19H29BF3O2Si. The summed E-state index contributed by atoms with van der Waals surface area (Å²) in [6, 6.07) is 4.16. The SMILES string of the molecule is CCC[C@H](B1OC(C)(C)C(C)(C)O1)c1ccc(C(F)(F)F)cc1[Si](C)C. The van der Waals surface area contributed by atoms with Gasteiger partial charge in [-0.25, -0.2) is 0 Å². The summed E-state index contributed by atoms with van der Waals surface area (Å²) in [4.78, 5) is 0. The van der Waals surface area contributed by atoms with E-state index in [1.807, 2.05) is 40.8 Å². The van der Waals surface area contributed by atoms with Gasteiger partial charge >= 0.3 is 13.3 Å². The van der Waals surface area contributed by atoms with Crippen LogP contribution in [0.3, 0.4) is 0 Å². The van der Waals surface area contributed by atoms with Crippen LogP contribution in [0, 0.1) is 0 Å². The molecule has 1 aromatic carbocycles. The molecule has 0 bridgehead atoms. The van der Waals surface area contributed by atoms with Gasteiger partial charge in [-0.3, -0.25) is 0 Å². The standard InChI is InChI=1S/C19H29BF3O2Si/c1-8-9-15(20-24-17(2,3)18(4,5)25-20)14-11-10-13(19(21,22)23)12-16(14)26(6)7/h10-12,15H,8-9H2,1-7H3/t15-/m0/s1. The zero-order valence-corrected chi connectivity index (χ0v) is 17.8. The second kappa shape index (κ2) is 7.32. The molecule has 1 saturated heterocycles. The summed E-state index contributed by atoms with van der Waals surface area (Å²) in [7, 11) is -1.53. The fourth-order valence-corrected chi connectivity index (χ4v) is 4.58. The first kappa shape index (κ1) is 21.5. The first-order valence-corrected chi connectivity index (χ1v) is 11.7. The van der Waals surface area contributed by atoms with Gasteiger partial charge in [-0.1, -0.05) is 43.8 Å². The second-order valence-corrected chi connectivity index (χ2v) is 10.9. The minimum atomic E-state index is -4.32. The predicted molar refractivity (Wildman–Crippen MR) is 102 cm³/mol. The van der Waals surface area contributed by atoms with E-state index in [9.17, 15) is 13.2 Å². The lowest BCUT2D eigenvalue weighted by Crippen LogP contribution is -2.41. The second-order valence-electron chi connectivity index (χ2n) is 8.32. The van der Waals surface area contributed by atoms with Crippen LogP contribution in [-0.4, -0.2) is 27.1 Å². The van der Waals surface area contributed by atoms with Crippen molar-refractivity contribution >= 4 is 21.1 Å². The van der Waals surface area contributed by atoms with Crippen molar-refractivity contribution in [2.75, 3.05) is 0 Å². The lowest BCUT2D eigenvalue weighted by Gasteiger charge is -2.32. The summed E-state index contributed by atoms with van der Waals surface area (Å²) in [6.07, 6.45) is -2.61. The zero-order chi connectivity index (χ0) is 19.9. The number of halogens is 3. The number of hydrogen-bond donors (Lipinski definition) is 0. The Morgan fingerprint density at radius 1 is 1.08 bits per heavy atom. The Hall–Kier alpha value is -0.788. The van der Waals surface area contributed by atoms with E-state index in [-0.39, 0.29) is 5.82 Å². The van der Waals surface area contributed by atoms with Gasteiger partial charge in [0.1, 0.15) is 0 Å². The molecule has 0 spiro atoms. The Morgan fingerprint density at radius 3 is 2.04 bits per heavy atom. The van der Waals surface area contributed by atoms with E-state index in [0.29, 0.717) is 0 Å². The molecule has 2 rings (SSSR count). The Bertz CT molecular complexity index is 628. The van der Waals surface area contributed by atoms with Gasteiger partial charge in [0.25, 0.3) is 0 Å². The molecule has 1 radical (unpaired) electrons. The molecule has 1 atom stereocenters. The molecule has 1 aliphatic heterocycles. The summed E-state index contributed by atoms with van der Waals surface area (Å²) < 4.78 is 52.0. The molecule has 26 heavy (non-hydrogen) atoms. The molecule has 1 aromatic rings. The Morgan fingerprint density at radius 2 is 1.62 bits per heavy atom. The summed E-state index contributed by atoms with van der Waals surface area (Å²) in [5.41, 5.74) is -0.548. The third-order valence-electron chi connectivity index (χ3n) is 5.52. The normalized spacial score (nSPS) is 20.7. The van der Waals surface area contributed by atoms with Crippen LogP contribution in [-0.2, 0) is 15.5 Å². The van der Waals surface area contributed by atoms with E-state index in [0.717, 1.165) is 23.6 Å². The minimum absolute atomic E-state index is 0.0711. The molecular weight excluding hydrogens is 356 g/mol. The van der Waals surface area contributed by atoms with E-state index in [1.165, 1.54) is 12.1 Å². The van der Waals surface area contributed by atoms with Gasteiger partial charge in [0.2, 0.25) is 0 Å². The summed E-state index contributed by atoms with van der Waals surface area (Å²) in [5.74, 6) is -0.0711. The zero-order valence-electron chi connectivity index (χ0n) is 16.8. The van der Waals surface area contributed by atoms with Crippen molar-refractivity contribution < 1.29 is 22.5 Å². The maximum absolute atomic E-state index is 13.2. The van der Waals surface area contributed by atoms with Crippen LogP contribution in [0.15, 0.2) is 18.2 Å². The number of hydrogen-bond acceptors (Lipinski definition) is 2.